The van der Waals surface area contributed by atoms with Crippen molar-refractivity contribution in [1.29, 1.82) is 0 Å². The van der Waals surface area contributed by atoms with Crippen molar-refractivity contribution in [1.82, 2.24) is 30.2 Å². The lowest BCUT2D eigenvalue weighted by Gasteiger charge is -2.00. The van der Waals surface area contributed by atoms with Crippen LogP contribution in [0.5, 0.6) is 0 Å². The summed E-state index contributed by atoms with van der Waals surface area (Å²) >= 11 is 0. The molecule has 0 aliphatic rings. The first-order valence-electron chi connectivity index (χ1n) is 5.96. The van der Waals surface area contributed by atoms with Crippen LogP contribution in [-0.2, 0) is 6.54 Å². The van der Waals surface area contributed by atoms with Crippen LogP contribution in [0.1, 0.15) is 5.69 Å². The number of hydrazine groups is 1. The molecule has 0 saturated heterocycles. The van der Waals surface area contributed by atoms with Crippen molar-refractivity contribution in [2.75, 3.05) is 5.43 Å². The van der Waals surface area contributed by atoms with E-state index in [4.69, 9.17) is 5.84 Å². The maximum Gasteiger partial charge on any atom is 0.204 e. The van der Waals surface area contributed by atoms with Gasteiger partial charge >= 0.3 is 0 Å². The number of benzene rings is 1. The van der Waals surface area contributed by atoms with Gasteiger partial charge < -0.3 is 5.43 Å². The van der Waals surface area contributed by atoms with Gasteiger partial charge in [-0.2, -0.15) is 4.80 Å². The first-order valence-corrected chi connectivity index (χ1v) is 5.96. The van der Waals surface area contributed by atoms with Crippen molar-refractivity contribution in [3.05, 3.63) is 48.4 Å². The van der Waals surface area contributed by atoms with Crippen LogP contribution >= 0.6 is 0 Å². The second kappa shape index (κ2) is 5.41. The standard InChI is InChI=1S/C12H12N8/c13-16-11-7-14-10(6-15-11)8-20-18-12(17-19-20)9-4-2-1-3-5-9/h1-7H,8,13H2,(H,15,16). The smallest absolute Gasteiger partial charge is 0.204 e. The van der Waals surface area contributed by atoms with Crippen LogP contribution in [0.25, 0.3) is 11.4 Å². The predicted octanol–water partition coefficient (Wildman–Crippen LogP) is 0.464. The summed E-state index contributed by atoms with van der Waals surface area (Å²) in [6.45, 7) is 0.400. The Morgan fingerprint density at radius 2 is 1.95 bits per heavy atom. The minimum atomic E-state index is 0.400. The molecule has 0 saturated carbocycles. The van der Waals surface area contributed by atoms with Crippen molar-refractivity contribution in [2.24, 2.45) is 5.84 Å². The van der Waals surface area contributed by atoms with Crippen LogP contribution in [0.2, 0.25) is 0 Å². The summed E-state index contributed by atoms with van der Waals surface area (Å²) in [5, 5.41) is 12.3. The zero-order valence-corrected chi connectivity index (χ0v) is 10.5. The number of nitrogen functional groups attached to an aromatic ring is 1. The number of anilines is 1. The van der Waals surface area contributed by atoms with E-state index in [1.807, 2.05) is 30.3 Å². The molecular formula is C12H12N8. The van der Waals surface area contributed by atoms with Gasteiger partial charge in [-0.3, -0.25) is 4.98 Å². The topological polar surface area (TPSA) is 107 Å². The fourth-order valence-corrected chi connectivity index (χ4v) is 1.67. The van der Waals surface area contributed by atoms with E-state index >= 15 is 0 Å². The number of tetrazole rings is 1. The number of hydrogen-bond acceptors (Lipinski definition) is 7. The Morgan fingerprint density at radius 1 is 1.10 bits per heavy atom. The lowest BCUT2D eigenvalue weighted by molar-refractivity contribution is 0.563. The Hall–Kier alpha value is -2.87. The molecule has 3 rings (SSSR count). The fraction of sp³-hybridized carbons (Fsp3) is 0.0833. The van der Waals surface area contributed by atoms with Gasteiger partial charge in [0.2, 0.25) is 5.82 Å². The molecule has 100 valence electrons. The van der Waals surface area contributed by atoms with E-state index < -0.39 is 0 Å². The third kappa shape index (κ3) is 2.59. The average Bonchev–Trinajstić information content (AvgIpc) is 2.97. The van der Waals surface area contributed by atoms with E-state index in [1.165, 1.54) is 4.80 Å². The first kappa shape index (κ1) is 12.2. The van der Waals surface area contributed by atoms with Crippen molar-refractivity contribution in [3.8, 4) is 11.4 Å². The third-order valence-electron chi connectivity index (χ3n) is 2.64. The summed E-state index contributed by atoms with van der Waals surface area (Å²) in [5.74, 6) is 6.31. The van der Waals surface area contributed by atoms with Crippen molar-refractivity contribution < 1.29 is 0 Å². The molecule has 0 radical (unpaired) electrons. The molecule has 3 aromatic rings. The summed E-state index contributed by atoms with van der Waals surface area (Å²) < 4.78 is 0. The highest BCUT2D eigenvalue weighted by atomic mass is 15.6. The van der Waals surface area contributed by atoms with Crippen molar-refractivity contribution >= 4 is 5.82 Å². The molecule has 0 spiro atoms. The molecule has 0 aliphatic carbocycles. The molecule has 0 amide bonds. The fourth-order valence-electron chi connectivity index (χ4n) is 1.67. The second-order valence-electron chi connectivity index (χ2n) is 4.05. The summed E-state index contributed by atoms with van der Waals surface area (Å²) in [7, 11) is 0. The Labute approximate surface area is 114 Å². The van der Waals surface area contributed by atoms with Crippen molar-refractivity contribution in [2.45, 2.75) is 6.54 Å². The van der Waals surface area contributed by atoms with Crippen LogP contribution in [0, 0.1) is 0 Å². The number of hydrogen-bond donors (Lipinski definition) is 2. The quantitative estimate of drug-likeness (QED) is 0.523. The largest absolute Gasteiger partial charge is 0.307 e. The van der Waals surface area contributed by atoms with Crippen LogP contribution in [-0.4, -0.2) is 30.2 Å². The number of aromatic nitrogens is 6. The molecule has 3 N–H and O–H groups in total. The first-order chi connectivity index (χ1) is 9.85. The molecule has 1 aromatic carbocycles. The van der Waals surface area contributed by atoms with Gasteiger partial charge in [0, 0.05) is 5.56 Å². The Kier molecular flexibility index (Phi) is 3.29. The normalized spacial score (nSPS) is 10.4. The Morgan fingerprint density at radius 3 is 2.65 bits per heavy atom. The maximum absolute atomic E-state index is 5.23. The molecule has 8 nitrogen and oxygen atoms in total. The maximum atomic E-state index is 5.23. The zero-order chi connectivity index (χ0) is 13.8. The second-order valence-corrected chi connectivity index (χ2v) is 4.05. The van der Waals surface area contributed by atoms with Crippen molar-refractivity contribution in [3.63, 3.8) is 0 Å². The summed E-state index contributed by atoms with van der Waals surface area (Å²) in [4.78, 5) is 9.74. The zero-order valence-electron chi connectivity index (χ0n) is 10.5. The Balaban J connectivity index is 1.77. The molecule has 8 heteroatoms. The van der Waals surface area contributed by atoms with E-state index in [9.17, 15) is 0 Å². The van der Waals surface area contributed by atoms with Gasteiger partial charge in [0.05, 0.1) is 18.1 Å². The van der Waals surface area contributed by atoms with Crippen LogP contribution < -0.4 is 11.3 Å². The molecule has 0 bridgehead atoms. The van der Waals surface area contributed by atoms with E-state index in [1.54, 1.807) is 12.4 Å². The third-order valence-corrected chi connectivity index (χ3v) is 2.64. The summed E-state index contributed by atoms with van der Waals surface area (Å²) in [6.07, 6.45) is 3.16. The van der Waals surface area contributed by atoms with Crippen LogP contribution in [0.15, 0.2) is 42.7 Å². The Bertz CT molecular complexity index is 676. The van der Waals surface area contributed by atoms with Gasteiger partial charge in [-0.1, -0.05) is 30.3 Å². The molecule has 0 aliphatic heterocycles. The highest BCUT2D eigenvalue weighted by Crippen LogP contribution is 2.12. The molecule has 2 heterocycles. The van der Waals surface area contributed by atoms with Gasteiger partial charge in [0.15, 0.2) is 5.82 Å². The number of nitrogens with two attached hydrogens (primary N) is 1. The highest BCUT2D eigenvalue weighted by Gasteiger charge is 2.06. The molecule has 20 heavy (non-hydrogen) atoms. The minimum absolute atomic E-state index is 0.400. The van der Waals surface area contributed by atoms with Gasteiger partial charge in [-0.15, -0.1) is 10.2 Å². The van der Waals surface area contributed by atoms with Crippen LogP contribution in [0.4, 0.5) is 5.82 Å². The summed E-state index contributed by atoms with van der Waals surface area (Å²) in [6, 6.07) is 9.67. The van der Waals surface area contributed by atoms with E-state index in [0.717, 1.165) is 11.3 Å². The highest BCUT2D eigenvalue weighted by molar-refractivity contribution is 5.52. The van der Waals surface area contributed by atoms with Gasteiger partial charge in [-0.05, 0) is 5.21 Å². The lowest BCUT2D eigenvalue weighted by atomic mass is 10.2. The monoisotopic (exact) mass is 268 g/mol. The van der Waals surface area contributed by atoms with Crippen LogP contribution in [0.3, 0.4) is 0 Å². The number of nitrogens with zero attached hydrogens (tertiary/aromatic N) is 6. The summed E-state index contributed by atoms with van der Waals surface area (Å²) in [5.41, 5.74) is 4.07. The van der Waals surface area contributed by atoms with Gasteiger partial charge in [-0.25, -0.2) is 10.8 Å². The lowest BCUT2D eigenvalue weighted by Crippen LogP contribution is -2.10. The van der Waals surface area contributed by atoms with Gasteiger partial charge in [0.25, 0.3) is 0 Å². The van der Waals surface area contributed by atoms with E-state index in [0.29, 0.717) is 18.2 Å². The molecule has 0 atom stereocenters. The average molecular weight is 268 g/mol. The SMILES string of the molecule is NNc1cnc(Cn2nnc(-c3ccccc3)n2)cn1. The number of rotatable bonds is 4. The van der Waals surface area contributed by atoms with E-state index in [-0.39, 0.29) is 0 Å². The van der Waals surface area contributed by atoms with Gasteiger partial charge in [0.1, 0.15) is 6.54 Å². The molecular weight excluding hydrogens is 256 g/mol. The predicted molar refractivity (Wildman–Crippen MR) is 72.2 cm³/mol. The number of nitrogens with one attached hydrogen (secondary N) is 1. The minimum Gasteiger partial charge on any atom is -0.307 e. The molecule has 0 unspecified atom stereocenters. The van der Waals surface area contributed by atoms with E-state index in [2.05, 4.69) is 30.8 Å². The molecule has 0 fully saturated rings. The molecule has 2 aromatic heterocycles.